The zero-order chi connectivity index (χ0) is 11.7. The van der Waals surface area contributed by atoms with Crippen LogP contribution in [0.4, 0.5) is 0 Å². The normalized spacial score (nSPS) is 37.1. The van der Waals surface area contributed by atoms with Crippen molar-refractivity contribution in [1.82, 2.24) is 10.2 Å². The van der Waals surface area contributed by atoms with E-state index in [4.69, 9.17) is 0 Å². The van der Waals surface area contributed by atoms with Crippen LogP contribution in [-0.4, -0.2) is 29.6 Å². The molecule has 3 heteroatoms. The molecule has 0 radical (unpaired) electrons. The second-order valence-corrected chi connectivity index (χ2v) is 5.51. The zero-order valence-corrected chi connectivity index (χ0v) is 10.7. The Hall–Kier alpha value is -0.570. The van der Waals surface area contributed by atoms with Gasteiger partial charge in [0.15, 0.2) is 0 Å². The highest BCUT2D eigenvalue weighted by Gasteiger charge is 2.40. The molecule has 1 heterocycles. The summed E-state index contributed by atoms with van der Waals surface area (Å²) in [5.41, 5.74) is 0. The maximum Gasteiger partial charge on any atom is 0.241 e. The number of hydrogen-bond donors (Lipinski definition) is 1. The molecule has 1 aliphatic heterocycles. The van der Waals surface area contributed by atoms with Crippen LogP contribution in [0.1, 0.15) is 46.5 Å². The van der Waals surface area contributed by atoms with Gasteiger partial charge in [0.05, 0.1) is 12.7 Å². The van der Waals surface area contributed by atoms with Gasteiger partial charge in [0.2, 0.25) is 5.91 Å². The maximum atomic E-state index is 12.3. The van der Waals surface area contributed by atoms with Crippen LogP contribution in [0, 0.1) is 11.8 Å². The minimum atomic E-state index is 0.0674. The molecule has 1 amide bonds. The number of carbonyl (C=O) groups is 1. The largest absolute Gasteiger partial charge is 0.325 e. The minimum absolute atomic E-state index is 0.0674. The number of hydrogen-bond acceptors (Lipinski definition) is 2. The Morgan fingerprint density at radius 3 is 2.81 bits per heavy atom. The molecular weight excluding hydrogens is 200 g/mol. The number of rotatable bonds is 3. The Morgan fingerprint density at radius 1 is 1.50 bits per heavy atom. The summed E-state index contributed by atoms with van der Waals surface area (Å²) in [6.07, 6.45) is 4.82. The Bertz CT molecular complexity index is 267. The van der Waals surface area contributed by atoms with Gasteiger partial charge >= 0.3 is 0 Å². The van der Waals surface area contributed by atoms with E-state index >= 15 is 0 Å². The molecule has 0 aromatic heterocycles. The first-order valence-electron chi connectivity index (χ1n) is 6.69. The topological polar surface area (TPSA) is 32.3 Å². The van der Waals surface area contributed by atoms with Crippen LogP contribution in [0.3, 0.4) is 0 Å². The van der Waals surface area contributed by atoms with E-state index in [9.17, 15) is 4.79 Å². The highest BCUT2D eigenvalue weighted by atomic mass is 16.2. The van der Waals surface area contributed by atoms with Crippen molar-refractivity contribution in [2.45, 2.75) is 58.5 Å². The first-order valence-corrected chi connectivity index (χ1v) is 6.69. The molecule has 2 fully saturated rings. The monoisotopic (exact) mass is 224 g/mol. The number of nitrogens with one attached hydrogen (secondary N) is 1. The van der Waals surface area contributed by atoms with Crippen molar-refractivity contribution in [3.05, 3.63) is 0 Å². The summed E-state index contributed by atoms with van der Waals surface area (Å²) < 4.78 is 0. The van der Waals surface area contributed by atoms with Crippen LogP contribution in [-0.2, 0) is 4.79 Å². The summed E-state index contributed by atoms with van der Waals surface area (Å²) in [5, 5.41) is 3.38. The highest BCUT2D eigenvalue weighted by Crippen LogP contribution is 2.31. The third-order valence-electron chi connectivity index (χ3n) is 4.46. The molecule has 0 aromatic carbocycles. The summed E-state index contributed by atoms with van der Waals surface area (Å²) >= 11 is 0. The highest BCUT2D eigenvalue weighted by molar-refractivity contribution is 5.84. The van der Waals surface area contributed by atoms with Crippen molar-refractivity contribution in [3.63, 3.8) is 0 Å². The lowest BCUT2D eigenvalue weighted by Gasteiger charge is -2.27. The van der Waals surface area contributed by atoms with Crippen molar-refractivity contribution in [2.75, 3.05) is 6.67 Å². The van der Waals surface area contributed by atoms with Crippen molar-refractivity contribution >= 4 is 5.91 Å². The predicted octanol–water partition coefficient (Wildman–Crippen LogP) is 1.98. The number of nitrogens with zero attached hydrogens (tertiary/aromatic N) is 1. The molecule has 4 atom stereocenters. The lowest BCUT2D eigenvalue weighted by Crippen LogP contribution is -2.41. The van der Waals surface area contributed by atoms with Gasteiger partial charge in [-0.2, -0.15) is 0 Å². The molecule has 0 aromatic rings. The maximum absolute atomic E-state index is 12.3. The van der Waals surface area contributed by atoms with Crippen LogP contribution < -0.4 is 5.32 Å². The molecule has 4 unspecified atom stereocenters. The molecule has 0 spiro atoms. The zero-order valence-electron chi connectivity index (χ0n) is 10.7. The van der Waals surface area contributed by atoms with Gasteiger partial charge in [0.1, 0.15) is 0 Å². The molecule has 1 saturated carbocycles. The van der Waals surface area contributed by atoms with E-state index in [1.807, 2.05) is 0 Å². The average molecular weight is 224 g/mol. The minimum Gasteiger partial charge on any atom is -0.325 e. The van der Waals surface area contributed by atoms with Crippen molar-refractivity contribution in [3.8, 4) is 0 Å². The second-order valence-electron chi connectivity index (χ2n) is 5.51. The molecular formula is C13H24N2O. The van der Waals surface area contributed by atoms with E-state index in [0.29, 0.717) is 23.8 Å². The van der Waals surface area contributed by atoms with Gasteiger partial charge in [0, 0.05) is 6.04 Å². The fourth-order valence-corrected chi connectivity index (χ4v) is 3.09. The fourth-order valence-electron chi connectivity index (χ4n) is 3.09. The number of amides is 1. The van der Waals surface area contributed by atoms with Gasteiger partial charge in [-0.05, 0) is 24.7 Å². The van der Waals surface area contributed by atoms with Crippen LogP contribution in [0.5, 0.6) is 0 Å². The van der Waals surface area contributed by atoms with Gasteiger partial charge in [-0.1, -0.05) is 33.6 Å². The summed E-state index contributed by atoms with van der Waals surface area (Å²) in [6, 6.07) is 0.562. The van der Waals surface area contributed by atoms with E-state index in [0.717, 1.165) is 13.1 Å². The Balaban J connectivity index is 2.01. The third-order valence-corrected chi connectivity index (χ3v) is 4.46. The van der Waals surface area contributed by atoms with Crippen molar-refractivity contribution in [2.24, 2.45) is 11.8 Å². The quantitative estimate of drug-likeness (QED) is 0.795. The number of carbonyl (C=O) groups excluding carboxylic acids is 1. The van der Waals surface area contributed by atoms with Crippen molar-refractivity contribution in [1.29, 1.82) is 0 Å². The van der Waals surface area contributed by atoms with Crippen LogP contribution >= 0.6 is 0 Å². The van der Waals surface area contributed by atoms with Gasteiger partial charge in [-0.15, -0.1) is 0 Å². The summed E-state index contributed by atoms with van der Waals surface area (Å²) in [5.74, 6) is 1.48. The third kappa shape index (κ3) is 1.97. The smallest absolute Gasteiger partial charge is 0.241 e. The average Bonchev–Trinajstić information content (AvgIpc) is 2.84. The van der Waals surface area contributed by atoms with Gasteiger partial charge in [-0.3, -0.25) is 10.1 Å². The molecule has 3 nitrogen and oxygen atoms in total. The van der Waals surface area contributed by atoms with E-state index < -0.39 is 0 Å². The molecule has 1 saturated heterocycles. The first-order chi connectivity index (χ1) is 7.65. The Labute approximate surface area is 98.6 Å². The predicted molar refractivity (Wildman–Crippen MR) is 64.9 cm³/mol. The molecule has 16 heavy (non-hydrogen) atoms. The van der Waals surface area contributed by atoms with Crippen molar-refractivity contribution < 1.29 is 4.79 Å². The van der Waals surface area contributed by atoms with E-state index in [-0.39, 0.29) is 6.04 Å². The molecule has 0 bridgehead atoms. The fraction of sp³-hybridized carbons (Fsp3) is 0.923. The standard InChI is InChI=1S/C13H24N2O/c1-4-9(2)12-13(16)15(8-14-12)11-7-5-6-10(11)3/h9-12,14H,4-8H2,1-3H3. The summed E-state index contributed by atoms with van der Waals surface area (Å²) in [6.45, 7) is 7.36. The van der Waals surface area contributed by atoms with E-state index in [1.54, 1.807) is 0 Å². The van der Waals surface area contributed by atoms with Crippen LogP contribution in [0.15, 0.2) is 0 Å². The molecule has 92 valence electrons. The molecule has 1 aliphatic carbocycles. The van der Waals surface area contributed by atoms with Crippen LogP contribution in [0.2, 0.25) is 0 Å². The summed E-state index contributed by atoms with van der Waals surface area (Å²) in [4.78, 5) is 14.4. The summed E-state index contributed by atoms with van der Waals surface area (Å²) in [7, 11) is 0. The molecule has 1 N–H and O–H groups in total. The first kappa shape index (κ1) is 11.9. The van der Waals surface area contributed by atoms with Crippen LogP contribution in [0.25, 0.3) is 0 Å². The Morgan fingerprint density at radius 2 is 2.25 bits per heavy atom. The van der Waals surface area contributed by atoms with E-state index in [2.05, 4.69) is 31.0 Å². The second kappa shape index (κ2) is 4.74. The SMILES string of the molecule is CCC(C)C1NCN(C2CCCC2C)C1=O. The van der Waals surface area contributed by atoms with Gasteiger partial charge in [-0.25, -0.2) is 0 Å². The molecule has 2 aliphatic rings. The Kier molecular flexibility index (Phi) is 3.53. The van der Waals surface area contributed by atoms with Gasteiger partial charge < -0.3 is 4.90 Å². The lowest BCUT2D eigenvalue weighted by atomic mass is 9.98. The molecule has 2 rings (SSSR count). The van der Waals surface area contributed by atoms with E-state index in [1.165, 1.54) is 19.3 Å². The lowest BCUT2D eigenvalue weighted by molar-refractivity contribution is -0.132. The van der Waals surface area contributed by atoms with Gasteiger partial charge in [0.25, 0.3) is 0 Å².